The molecule has 0 aliphatic carbocycles. The third kappa shape index (κ3) is 4.67. The highest BCUT2D eigenvalue weighted by Crippen LogP contribution is 2.39. The predicted molar refractivity (Wildman–Crippen MR) is 109 cm³/mol. The van der Waals surface area contributed by atoms with E-state index in [0.29, 0.717) is 46.1 Å². The van der Waals surface area contributed by atoms with Crippen molar-refractivity contribution >= 4 is 39.2 Å². The molecule has 1 heterocycles. The van der Waals surface area contributed by atoms with E-state index in [-0.39, 0.29) is 12.5 Å². The summed E-state index contributed by atoms with van der Waals surface area (Å²) in [5, 5.41) is 8.77. The van der Waals surface area contributed by atoms with Crippen LogP contribution in [0.2, 0.25) is 10.0 Å². The van der Waals surface area contributed by atoms with Crippen LogP contribution in [-0.4, -0.2) is 36.4 Å². The van der Waals surface area contributed by atoms with E-state index in [9.17, 15) is 13.2 Å². The Bertz CT molecular complexity index is 839. The minimum absolute atomic E-state index is 0.0552. The lowest BCUT2D eigenvalue weighted by Gasteiger charge is -2.37. The van der Waals surface area contributed by atoms with Gasteiger partial charge in [-0.2, -0.15) is 4.31 Å². The quantitative estimate of drug-likeness (QED) is 0.621. The van der Waals surface area contributed by atoms with Crippen LogP contribution in [0.4, 0.5) is 0 Å². The fraction of sp³-hybridized carbons (Fsp3) is 0.526. The molecule has 27 heavy (non-hydrogen) atoms. The van der Waals surface area contributed by atoms with Gasteiger partial charge in [0.05, 0.1) is 10.0 Å². The molecule has 1 fully saturated rings. The number of aliphatic carboxylic acids is 1. The molecule has 2 unspecified atom stereocenters. The lowest BCUT2D eigenvalue weighted by Crippen LogP contribution is -2.45. The van der Waals surface area contributed by atoms with Crippen LogP contribution in [-0.2, 0) is 14.8 Å². The largest absolute Gasteiger partial charge is 0.481 e. The van der Waals surface area contributed by atoms with Crippen molar-refractivity contribution in [1.29, 1.82) is 0 Å². The zero-order valence-corrected chi connectivity index (χ0v) is 17.9. The van der Waals surface area contributed by atoms with Crippen LogP contribution >= 0.6 is 23.2 Å². The van der Waals surface area contributed by atoms with Crippen molar-refractivity contribution < 1.29 is 18.3 Å². The summed E-state index contributed by atoms with van der Waals surface area (Å²) in [5.74, 6) is -0.922. The Kier molecular flexibility index (Phi) is 7.36. The third-order valence-corrected chi connectivity index (χ3v) is 8.38. The summed E-state index contributed by atoms with van der Waals surface area (Å²) in [6, 6.07) is 1.43. The normalized spacial score (nSPS) is 19.6. The molecule has 1 aliphatic heterocycles. The zero-order chi connectivity index (χ0) is 20.4. The Morgan fingerprint density at radius 3 is 2.63 bits per heavy atom. The molecule has 0 aromatic heterocycles. The molecule has 1 N–H and O–H groups in total. The molecule has 0 amide bonds. The molecule has 1 aromatic rings. The van der Waals surface area contributed by atoms with Crippen molar-refractivity contribution in [3.63, 3.8) is 0 Å². The van der Waals surface area contributed by atoms with Gasteiger partial charge in [-0.3, -0.25) is 4.79 Å². The van der Waals surface area contributed by atoms with Gasteiger partial charge in [-0.1, -0.05) is 41.8 Å². The minimum atomic E-state index is -3.77. The topological polar surface area (TPSA) is 74.7 Å². The number of sulfonamides is 1. The third-order valence-electron chi connectivity index (χ3n) is 5.11. The number of rotatable bonds is 7. The first-order valence-electron chi connectivity index (χ1n) is 8.91. The molecular formula is C19H25Cl2NO4S. The molecule has 8 heteroatoms. The molecule has 1 aromatic carbocycles. The van der Waals surface area contributed by atoms with Crippen LogP contribution in [0.5, 0.6) is 0 Å². The van der Waals surface area contributed by atoms with Crippen LogP contribution in [0.25, 0.3) is 0 Å². The van der Waals surface area contributed by atoms with Gasteiger partial charge < -0.3 is 5.11 Å². The first-order chi connectivity index (χ1) is 12.6. The summed E-state index contributed by atoms with van der Waals surface area (Å²) < 4.78 is 28.4. The summed E-state index contributed by atoms with van der Waals surface area (Å²) in [4.78, 5) is 11.0. The number of piperidine rings is 1. The number of benzene rings is 1. The first kappa shape index (κ1) is 22.2. The zero-order valence-electron chi connectivity index (χ0n) is 15.5. The van der Waals surface area contributed by atoms with Gasteiger partial charge in [0.15, 0.2) is 0 Å². The van der Waals surface area contributed by atoms with E-state index in [0.717, 1.165) is 12.8 Å². The van der Waals surface area contributed by atoms with Gasteiger partial charge in [-0.25, -0.2) is 8.42 Å². The van der Waals surface area contributed by atoms with Gasteiger partial charge in [-0.05, 0) is 49.8 Å². The Morgan fingerprint density at radius 2 is 2.04 bits per heavy atom. The molecule has 1 saturated heterocycles. The van der Waals surface area contributed by atoms with Crippen molar-refractivity contribution in [3.8, 4) is 0 Å². The summed E-state index contributed by atoms with van der Waals surface area (Å²) in [6.07, 6.45) is 3.96. The highest BCUT2D eigenvalue weighted by atomic mass is 35.5. The van der Waals surface area contributed by atoms with Crippen molar-refractivity contribution in [2.75, 3.05) is 6.54 Å². The summed E-state index contributed by atoms with van der Waals surface area (Å²) >= 11 is 12.5. The molecule has 1 aliphatic rings. The Labute approximate surface area is 171 Å². The van der Waals surface area contributed by atoms with Gasteiger partial charge in [-0.15, -0.1) is 6.58 Å². The summed E-state index contributed by atoms with van der Waals surface area (Å²) in [6.45, 7) is 7.65. The molecular weight excluding hydrogens is 409 g/mol. The van der Waals surface area contributed by atoms with Crippen molar-refractivity contribution in [2.24, 2.45) is 0 Å². The number of carbonyl (C=O) groups is 1. The fourth-order valence-electron chi connectivity index (χ4n) is 3.61. The molecule has 0 radical (unpaired) electrons. The Balaban J connectivity index is 2.45. The number of carboxylic acids is 1. The highest BCUT2D eigenvalue weighted by molar-refractivity contribution is 7.89. The predicted octanol–water partition coefficient (Wildman–Crippen LogP) is 4.89. The van der Waals surface area contributed by atoms with Crippen LogP contribution in [0, 0.1) is 13.8 Å². The van der Waals surface area contributed by atoms with Crippen LogP contribution in [0.15, 0.2) is 18.7 Å². The van der Waals surface area contributed by atoms with Crippen molar-refractivity contribution in [2.45, 2.75) is 57.2 Å². The van der Waals surface area contributed by atoms with Gasteiger partial charge in [0.25, 0.3) is 0 Å². The van der Waals surface area contributed by atoms with E-state index < -0.39 is 21.2 Å². The van der Waals surface area contributed by atoms with Gasteiger partial charge in [0.1, 0.15) is 5.25 Å². The number of hydrogen-bond acceptors (Lipinski definition) is 3. The number of carboxylic acid groups (broad SMARTS) is 1. The Morgan fingerprint density at radius 1 is 1.37 bits per heavy atom. The summed E-state index contributed by atoms with van der Waals surface area (Å²) in [7, 11) is -3.77. The molecule has 150 valence electrons. The van der Waals surface area contributed by atoms with E-state index in [2.05, 4.69) is 6.58 Å². The maximum Gasteiger partial charge on any atom is 0.303 e. The van der Waals surface area contributed by atoms with E-state index in [4.69, 9.17) is 28.3 Å². The maximum absolute atomic E-state index is 13.5. The van der Waals surface area contributed by atoms with E-state index in [1.54, 1.807) is 19.9 Å². The Hall–Kier alpha value is -1.08. The maximum atomic E-state index is 13.5. The SMILES string of the molecule is C=CC(c1cc(C)c(Cl)c(Cl)c1C)S(=O)(=O)N1CCCCC1CCC(=O)O. The van der Waals surface area contributed by atoms with E-state index in [1.807, 2.05) is 0 Å². The van der Waals surface area contributed by atoms with Crippen LogP contribution < -0.4 is 0 Å². The second kappa shape index (κ2) is 8.95. The minimum Gasteiger partial charge on any atom is -0.481 e. The van der Waals surface area contributed by atoms with E-state index >= 15 is 0 Å². The fourth-order valence-corrected chi connectivity index (χ4v) is 6.17. The molecule has 5 nitrogen and oxygen atoms in total. The highest BCUT2D eigenvalue weighted by Gasteiger charge is 2.38. The lowest BCUT2D eigenvalue weighted by molar-refractivity contribution is -0.137. The second-order valence-electron chi connectivity index (χ2n) is 6.93. The average Bonchev–Trinajstić information content (AvgIpc) is 2.63. The van der Waals surface area contributed by atoms with Gasteiger partial charge in [0, 0.05) is 19.0 Å². The standard InChI is InChI=1S/C19H25Cl2NO4S/c1-4-16(15-11-12(2)18(20)19(21)13(15)3)27(25,26)22-10-6-5-7-14(22)8-9-17(23)24/h4,11,14,16H,1,5-10H2,2-3H3,(H,23,24). The number of halogens is 2. The van der Waals surface area contributed by atoms with Gasteiger partial charge in [0.2, 0.25) is 10.0 Å². The first-order valence-corrected chi connectivity index (χ1v) is 11.2. The number of nitrogens with zero attached hydrogens (tertiary/aromatic N) is 1. The molecule has 2 rings (SSSR count). The molecule has 2 atom stereocenters. The van der Waals surface area contributed by atoms with E-state index in [1.165, 1.54) is 10.4 Å². The smallest absolute Gasteiger partial charge is 0.303 e. The van der Waals surface area contributed by atoms with Crippen LogP contribution in [0.3, 0.4) is 0 Å². The lowest BCUT2D eigenvalue weighted by atomic mass is 10.0. The monoisotopic (exact) mass is 433 g/mol. The van der Waals surface area contributed by atoms with Crippen molar-refractivity contribution in [1.82, 2.24) is 4.31 Å². The van der Waals surface area contributed by atoms with Crippen LogP contribution in [0.1, 0.15) is 54.0 Å². The molecule has 0 bridgehead atoms. The molecule has 0 saturated carbocycles. The average molecular weight is 434 g/mol. The number of hydrogen-bond donors (Lipinski definition) is 1. The van der Waals surface area contributed by atoms with Crippen molar-refractivity contribution in [3.05, 3.63) is 45.5 Å². The molecule has 0 spiro atoms. The van der Waals surface area contributed by atoms with Gasteiger partial charge >= 0.3 is 5.97 Å². The second-order valence-corrected chi connectivity index (χ2v) is 9.69. The number of aryl methyl sites for hydroxylation is 1. The summed E-state index contributed by atoms with van der Waals surface area (Å²) in [5.41, 5.74) is 1.87.